The summed E-state index contributed by atoms with van der Waals surface area (Å²) in [5, 5.41) is 4.11. The molecule has 2 N–H and O–H groups in total. The molecule has 0 atom stereocenters. The number of nitrogens with zero attached hydrogens (tertiary/aromatic N) is 2. The van der Waals surface area contributed by atoms with Crippen LogP contribution in [0.15, 0.2) is 30.5 Å². The van der Waals surface area contributed by atoms with Gasteiger partial charge in [0.05, 0.1) is 26.1 Å². The van der Waals surface area contributed by atoms with E-state index in [4.69, 9.17) is 15.2 Å². The van der Waals surface area contributed by atoms with Crippen molar-refractivity contribution in [3.8, 4) is 17.2 Å². The molecule has 0 aliphatic rings. The third kappa shape index (κ3) is 1.67. The topological polar surface area (TPSA) is 62.3 Å². The van der Waals surface area contributed by atoms with Gasteiger partial charge in [-0.05, 0) is 12.1 Å². The lowest BCUT2D eigenvalue weighted by Gasteiger charge is -2.10. The number of hydrogen-bond donors (Lipinski definition) is 1. The average Bonchev–Trinajstić information content (AvgIpc) is 2.74. The summed E-state index contributed by atoms with van der Waals surface area (Å²) in [5.74, 6) is 1.90. The lowest BCUT2D eigenvalue weighted by atomic mass is 10.3. The van der Waals surface area contributed by atoms with E-state index in [2.05, 4.69) is 5.10 Å². The van der Waals surface area contributed by atoms with E-state index >= 15 is 0 Å². The summed E-state index contributed by atoms with van der Waals surface area (Å²) in [4.78, 5) is 0. The molecule has 0 fully saturated rings. The Morgan fingerprint density at radius 3 is 2.44 bits per heavy atom. The summed E-state index contributed by atoms with van der Waals surface area (Å²) in [7, 11) is 3.19. The van der Waals surface area contributed by atoms with Gasteiger partial charge < -0.3 is 15.2 Å². The Morgan fingerprint density at radius 2 is 1.88 bits per heavy atom. The van der Waals surface area contributed by atoms with Crippen LogP contribution in [0, 0.1) is 0 Å². The van der Waals surface area contributed by atoms with E-state index in [1.54, 1.807) is 31.2 Å². The minimum absolute atomic E-state index is 0.576. The summed E-state index contributed by atoms with van der Waals surface area (Å²) in [5.41, 5.74) is 6.60. The van der Waals surface area contributed by atoms with Crippen LogP contribution in [0.2, 0.25) is 0 Å². The van der Waals surface area contributed by atoms with Crippen LogP contribution in [0.5, 0.6) is 11.5 Å². The Bertz CT molecular complexity index is 494. The van der Waals surface area contributed by atoms with Gasteiger partial charge in [0.1, 0.15) is 5.82 Å². The van der Waals surface area contributed by atoms with Crippen LogP contribution >= 0.6 is 0 Å². The van der Waals surface area contributed by atoms with Gasteiger partial charge in [0, 0.05) is 12.1 Å². The first-order chi connectivity index (χ1) is 7.76. The molecule has 1 aromatic heterocycles. The molecule has 84 valence electrons. The maximum Gasteiger partial charge on any atom is 0.162 e. The second kappa shape index (κ2) is 4.14. The molecule has 0 aliphatic carbocycles. The van der Waals surface area contributed by atoms with Crippen molar-refractivity contribution in [2.24, 2.45) is 0 Å². The fraction of sp³-hybridized carbons (Fsp3) is 0.182. The molecule has 5 nitrogen and oxygen atoms in total. The molecule has 0 unspecified atom stereocenters. The van der Waals surface area contributed by atoms with Crippen molar-refractivity contribution >= 4 is 5.82 Å². The average molecular weight is 219 g/mol. The molecule has 0 aliphatic heterocycles. The normalized spacial score (nSPS) is 10.1. The quantitative estimate of drug-likeness (QED) is 0.849. The molecule has 1 heterocycles. The summed E-state index contributed by atoms with van der Waals surface area (Å²) in [6, 6.07) is 7.24. The second-order valence-corrected chi connectivity index (χ2v) is 3.21. The monoisotopic (exact) mass is 219 g/mol. The third-order valence-corrected chi connectivity index (χ3v) is 2.28. The van der Waals surface area contributed by atoms with Crippen molar-refractivity contribution in [3.63, 3.8) is 0 Å². The number of aromatic nitrogens is 2. The van der Waals surface area contributed by atoms with Gasteiger partial charge >= 0.3 is 0 Å². The van der Waals surface area contributed by atoms with Crippen molar-refractivity contribution < 1.29 is 9.47 Å². The molecule has 0 saturated heterocycles. The maximum absolute atomic E-state index is 5.76. The highest BCUT2D eigenvalue weighted by Crippen LogP contribution is 2.29. The van der Waals surface area contributed by atoms with Gasteiger partial charge in [-0.1, -0.05) is 0 Å². The minimum atomic E-state index is 0.576. The molecule has 2 rings (SSSR count). The number of ether oxygens (including phenoxy) is 2. The maximum atomic E-state index is 5.76. The molecule has 1 aromatic carbocycles. The van der Waals surface area contributed by atoms with E-state index in [1.165, 1.54) is 0 Å². The number of hydrogen-bond acceptors (Lipinski definition) is 4. The molecule has 0 radical (unpaired) electrons. The molecule has 0 spiro atoms. The number of methoxy groups -OCH3 is 2. The lowest BCUT2D eigenvalue weighted by Crippen LogP contribution is -2.02. The highest BCUT2D eigenvalue weighted by atomic mass is 16.5. The first kappa shape index (κ1) is 10.4. The van der Waals surface area contributed by atoms with Crippen molar-refractivity contribution in [1.82, 2.24) is 9.78 Å². The molecule has 2 aromatic rings. The Morgan fingerprint density at radius 1 is 1.12 bits per heavy atom. The van der Waals surface area contributed by atoms with Gasteiger partial charge in [-0.2, -0.15) is 5.10 Å². The summed E-state index contributed by atoms with van der Waals surface area (Å²) in [6.45, 7) is 0. The zero-order chi connectivity index (χ0) is 11.5. The van der Waals surface area contributed by atoms with E-state index in [9.17, 15) is 0 Å². The molecule has 0 saturated carbocycles. The first-order valence-corrected chi connectivity index (χ1v) is 4.78. The van der Waals surface area contributed by atoms with E-state index in [0.29, 0.717) is 17.3 Å². The molecular formula is C11H13N3O2. The van der Waals surface area contributed by atoms with Gasteiger partial charge in [-0.25, -0.2) is 4.68 Å². The first-order valence-electron chi connectivity index (χ1n) is 4.78. The fourth-order valence-electron chi connectivity index (χ4n) is 1.49. The van der Waals surface area contributed by atoms with Crippen LogP contribution in [0.1, 0.15) is 0 Å². The molecule has 16 heavy (non-hydrogen) atoms. The highest BCUT2D eigenvalue weighted by molar-refractivity contribution is 5.51. The van der Waals surface area contributed by atoms with Gasteiger partial charge in [0.15, 0.2) is 11.5 Å². The van der Waals surface area contributed by atoms with Gasteiger partial charge in [-0.15, -0.1) is 0 Å². The molecule has 0 bridgehead atoms. The van der Waals surface area contributed by atoms with Crippen molar-refractivity contribution in [1.29, 1.82) is 0 Å². The van der Waals surface area contributed by atoms with E-state index in [1.807, 2.05) is 18.2 Å². The van der Waals surface area contributed by atoms with Crippen molar-refractivity contribution in [2.75, 3.05) is 20.0 Å². The van der Waals surface area contributed by atoms with Gasteiger partial charge in [-0.3, -0.25) is 0 Å². The number of nitrogen functional groups attached to an aromatic ring is 1. The SMILES string of the molecule is COc1ccc(-n2nccc2N)cc1OC. The second-order valence-electron chi connectivity index (χ2n) is 3.21. The predicted octanol–water partition coefficient (Wildman–Crippen LogP) is 1.47. The van der Waals surface area contributed by atoms with Gasteiger partial charge in [0.25, 0.3) is 0 Å². The highest BCUT2D eigenvalue weighted by Gasteiger charge is 2.07. The fourth-order valence-corrected chi connectivity index (χ4v) is 1.49. The number of rotatable bonds is 3. The minimum Gasteiger partial charge on any atom is -0.493 e. The summed E-state index contributed by atoms with van der Waals surface area (Å²) in [6.07, 6.45) is 1.64. The van der Waals surface area contributed by atoms with E-state index in [0.717, 1.165) is 5.69 Å². The van der Waals surface area contributed by atoms with Crippen LogP contribution in [0.25, 0.3) is 5.69 Å². The third-order valence-electron chi connectivity index (χ3n) is 2.28. The Kier molecular flexibility index (Phi) is 2.68. The Hall–Kier alpha value is -2.17. The number of benzene rings is 1. The van der Waals surface area contributed by atoms with Gasteiger partial charge in [0.2, 0.25) is 0 Å². The number of anilines is 1. The standard InChI is InChI=1S/C11H13N3O2/c1-15-9-4-3-8(7-10(9)16-2)14-11(12)5-6-13-14/h3-7H,12H2,1-2H3. The number of nitrogens with two attached hydrogens (primary N) is 1. The Labute approximate surface area is 93.4 Å². The smallest absolute Gasteiger partial charge is 0.162 e. The predicted molar refractivity (Wildman–Crippen MR) is 61.1 cm³/mol. The van der Waals surface area contributed by atoms with Crippen LogP contribution < -0.4 is 15.2 Å². The molecule has 0 amide bonds. The van der Waals surface area contributed by atoms with Crippen LogP contribution in [0.4, 0.5) is 5.82 Å². The van der Waals surface area contributed by atoms with Crippen molar-refractivity contribution in [2.45, 2.75) is 0 Å². The van der Waals surface area contributed by atoms with Crippen LogP contribution in [-0.2, 0) is 0 Å². The molecule has 5 heteroatoms. The largest absolute Gasteiger partial charge is 0.493 e. The van der Waals surface area contributed by atoms with E-state index < -0.39 is 0 Å². The zero-order valence-electron chi connectivity index (χ0n) is 9.18. The van der Waals surface area contributed by atoms with E-state index in [-0.39, 0.29) is 0 Å². The van der Waals surface area contributed by atoms with Crippen molar-refractivity contribution in [3.05, 3.63) is 30.5 Å². The summed E-state index contributed by atoms with van der Waals surface area (Å²) >= 11 is 0. The zero-order valence-corrected chi connectivity index (χ0v) is 9.18. The lowest BCUT2D eigenvalue weighted by molar-refractivity contribution is 0.355. The Balaban J connectivity index is 2.48. The summed E-state index contributed by atoms with van der Waals surface area (Å²) < 4.78 is 12.0. The van der Waals surface area contributed by atoms with Crippen LogP contribution in [0.3, 0.4) is 0 Å². The molecular weight excluding hydrogens is 206 g/mol. The van der Waals surface area contributed by atoms with Crippen LogP contribution in [-0.4, -0.2) is 24.0 Å².